The molecule has 5 nitrogen and oxygen atoms in total. The lowest BCUT2D eigenvalue weighted by atomic mass is 9.84. The molecular weight excluding hydrogens is 492 g/mol. The smallest absolute Gasteiger partial charge is 0.191 e. The quantitative estimate of drug-likeness (QED) is 0.341. The van der Waals surface area contributed by atoms with E-state index in [-0.39, 0.29) is 35.2 Å². The number of aryl methyl sites for hydroxylation is 2. The molecular formula is C20H30ClFIN5. The molecule has 2 rings (SSSR count). The lowest BCUT2D eigenvalue weighted by molar-refractivity contribution is 0.507. The summed E-state index contributed by atoms with van der Waals surface area (Å²) in [5.41, 5.74) is 4.13. The van der Waals surface area contributed by atoms with Gasteiger partial charge in [0, 0.05) is 43.3 Å². The van der Waals surface area contributed by atoms with Crippen LogP contribution in [-0.4, -0.2) is 35.9 Å². The van der Waals surface area contributed by atoms with Gasteiger partial charge in [0.15, 0.2) is 5.96 Å². The highest BCUT2D eigenvalue weighted by atomic mass is 127. The molecule has 28 heavy (non-hydrogen) atoms. The van der Waals surface area contributed by atoms with Crippen LogP contribution in [0.25, 0.3) is 0 Å². The van der Waals surface area contributed by atoms with E-state index in [1.165, 1.54) is 23.4 Å². The monoisotopic (exact) mass is 521 g/mol. The molecule has 2 aromatic rings. The normalized spacial score (nSPS) is 11.9. The highest BCUT2D eigenvalue weighted by molar-refractivity contribution is 14.0. The van der Waals surface area contributed by atoms with Crippen molar-refractivity contribution >= 4 is 41.5 Å². The number of hydrogen-bond donors (Lipinski definition) is 2. The molecule has 1 aromatic carbocycles. The van der Waals surface area contributed by atoms with Crippen LogP contribution in [0, 0.1) is 19.7 Å². The number of hydrogen-bond acceptors (Lipinski definition) is 2. The van der Waals surface area contributed by atoms with E-state index in [1.54, 1.807) is 13.1 Å². The van der Waals surface area contributed by atoms with E-state index in [4.69, 9.17) is 11.6 Å². The highest BCUT2D eigenvalue weighted by Crippen LogP contribution is 2.29. The maximum atomic E-state index is 13.3. The highest BCUT2D eigenvalue weighted by Gasteiger charge is 2.24. The van der Waals surface area contributed by atoms with Crippen molar-refractivity contribution < 1.29 is 4.39 Å². The Hall–Kier alpha value is -1.35. The summed E-state index contributed by atoms with van der Waals surface area (Å²) in [6.07, 6.45) is 0.874. The minimum atomic E-state index is -0.328. The van der Waals surface area contributed by atoms with Gasteiger partial charge in [0.2, 0.25) is 0 Å². The van der Waals surface area contributed by atoms with Crippen molar-refractivity contribution in [2.45, 2.75) is 39.5 Å². The van der Waals surface area contributed by atoms with Crippen LogP contribution in [0.2, 0.25) is 5.02 Å². The van der Waals surface area contributed by atoms with Crippen molar-refractivity contribution in [3.05, 3.63) is 51.6 Å². The molecule has 0 saturated heterocycles. The van der Waals surface area contributed by atoms with Gasteiger partial charge in [-0.2, -0.15) is 5.10 Å². The van der Waals surface area contributed by atoms with Crippen molar-refractivity contribution in [3.8, 4) is 0 Å². The van der Waals surface area contributed by atoms with Crippen molar-refractivity contribution in [2.75, 3.05) is 20.1 Å². The summed E-state index contributed by atoms with van der Waals surface area (Å²) in [5, 5.41) is 11.6. The number of aliphatic imine (C=N–C) groups is 1. The first kappa shape index (κ1) is 24.7. The van der Waals surface area contributed by atoms with E-state index in [9.17, 15) is 4.39 Å². The molecule has 1 aromatic heterocycles. The molecule has 0 fully saturated rings. The summed E-state index contributed by atoms with van der Waals surface area (Å²) in [6, 6.07) is 4.53. The first-order valence-corrected chi connectivity index (χ1v) is 9.42. The number of nitrogens with zero attached hydrogens (tertiary/aromatic N) is 3. The largest absolute Gasteiger partial charge is 0.356 e. The Balaban J connectivity index is 0.00000392. The second kappa shape index (κ2) is 10.4. The molecule has 0 unspecified atom stereocenters. The van der Waals surface area contributed by atoms with Gasteiger partial charge in [0.25, 0.3) is 0 Å². The fraction of sp³-hybridized carbons (Fsp3) is 0.500. The van der Waals surface area contributed by atoms with E-state index in [1.807, 2.05) is 18.7 Å². The van der Waals surface area contributed by atoms with Crippen LogP contribution in [0.1, 0.15) is 36.4 Å². The van der Waals surface area contributed by atoms with Gasteiger partial charge in [0.1, 0.15) is 5.82 Å². The first-order valence-electron chi connectivity index (χ1n) is 9.05. The van der Waals surface area contributed by atoms with Crippen LogP contribution >= 0.6 is 35.6 Å². The SMILES string of the molecule is CN=C(NCCc1c(C)nn(C)c1C)NCC(C)(C)c1ccc(F)cc1Cl.I. The van der Waals surface area contributed by atoms with Crippen LogP contribution in [-0.2, 0) is 18.9 Å². The number of nitrogens with one attached hydrogen (secondary N) is 2. The van der Waals surface area contributed by atoms with Gasteiger partial charge in [-0.3, -0.25) is 9.67 Å². The Morgan fingerprint density at radius 2 is 1.96 bits per heavy atom. The van der Waals surface area contributed by atoms with Gasteiger partial charge in [-0.1, -0.05) is 31.5 Å². The Kier molecular flexibility index (Phi) is 9.20. The standard InChI is InChI=1S/C20H29ClFN5.HI/c1-13-16(14(2)27(6)26-13)9-10-24-19(23-5)25-12-20(3,4)17-8-7-15(22)11-18(17)21;/h7-8,11H,9-10,12H2,1-6H3,(H2,23,24,25);1H. The molecule has 0 atom stereocenters. The molecule has 0 amide bonds. The minimum Gasteiger partial charge on any atom is -0.356 e. The molecule has 0 saturated carbocycles. The molecule has 0 radical (unpaired) electrons. The number of rotatable bonds is 6. The van der Waals surface area contributed by atoms with Crippen molar-refractivity contribution in [2.24, 2.45) is 12.0 Å². The first-order chi connectivity index (χ1) is 12.7. The van der Waals surface area contributed by atoms with Gasteiger partial charge in [0.05, 0.1) is 5.69 Å². The number of benzene rings is 1. The summed E-state index contributed by atoms with van der Waals surface area (Å²) in [7, 11) is 3.70. The Labute approximate surface area is 189 Å². The molecule has 8 heteroatoms. The van der Waals surface area contributed by atoms with Crippen molar-refractivity contribution in [1.29, 1.82) is 0 Å². The second-order valence-corrected chi connectivity index (χ2v) is 7.79. The van der Waals surface area contributed by atoms with E-state index in [0.717, 1.165) is 30.2 Å². The molecule has 1 heterocycles. The van der Waals surface area contributed by atoms with Crippen LogP contribution < -0.4 is 10.6 Å². The average Bonchev–Trinajstić information content (AvgIpc) is 2.83. The maximum absolute atomic E-state index is 13.3. The van der Waals surface area contributed by atoms with E-state index < -0.39 is 0 Å². The Morgan fingerprint density at radius 3 is 2.50 bits per heavy atom. The molecule has 0 bridgehead atoms. The van der Waals surface area contributed by atoms with Gasteiger partial charge in [-0.05, 0) is 43.5 Å². The van der Waals surface area contributed by atoms with E-state index >= 15 is 0 Å². The summed E-state index contributed by atoms with van der Waals surface area (Å²) in [5.74, 6) is 0.395. The second-order valence-electron chi connectivity index (χ2n) is 7.38. The number of aromatic nitrogens is 2. The van der Waals surface area contributed by atoms with Gasteiger partial charge in [-0.15, -0.1) is 24.0 Å². The zero-order valence-corrected chi connectivity index (χ0v) is 20.4. The Bertz CT molecular complexity index is 832. The lowest BCUT2D eigenvalue weighted by Gasteiger charge is -2.27. The summed E-state index contributed by atoms with van der Waals surface area (Å²) in [6.45, 7) is 9.61. The summed E-state index contributed by atoms with van der Waals surface area (Å²) >= 11 is 6.22. The Morgan fingerprint density at radius 1 is 1.29 bits per heavy atom. The van der Waals surface area contributed by atoms with E-state index in [2.05, 4.69) is 41.5 Å². The van der Waals surface area contributed by atoms with Gasteiger partial charge < -0.3 is 10.6 Å². The number of guanidine groups is 1. The average molecular weight is 522 g/mol. The molecule has 0 aliphatic carbocycles. The van der Waals surface area contributed by atoms with Crippen LogP contribution in [0.3, 0.4) is 0 Å². The molecule has 0 spiro atoms. The van der Waals surface area contributed by atoms with Crippen LogP contribution in [0.15, 0.2) is 23.2 Å². The third-order valence-electron chi connectivity index (χ3n) is 4.91. The van der Waals surface area contributed by atoms with Crippen LogP contribution in [0.5, 0.6) is 0 Å². The summed E-state index contributed by atoms with van der Waals surface area (Å²) < 4.78 is 15.2. The third kappa shape index (κ3) is 6.07. The minimum absolute atomic E-state index is 0. The third-order valence-corrected chi connectivity index (χ3v) is 5.22. The van der Waals surface area contributed by atoms with Crippen molar-refractivity contribution in [1.82, 2.24) is 20.4 Å². The topological polar surface area (TPSA) is 54.2 Å². The fourth-order valence-electron chi connectivity index (χ4n) is 3.14. The number of halogens is 3. The maximum Gasteiger partial charge on any atom is 0.191 e. The van der Waals surface area contributed by atoms with Gasteiger partial charge >= 0.3 is 0 Å². The summed E-state index contributed by atoms with van der Waals surface area (Å²) in [4.78, 5) is 4.28. The van der Waals surface area contributed by atoms with Gasteiger partial charge in [-0.25, -0.2) is 4.39 Å². The fourth-order valence-corrected chi connectivity index (χ4v) is 3.57. The molecule has 0 aliphatic rings. The van der Waals surface area contributed by atoms with E-state index in [0.29, 0.717) is 11.6 Å². The lowest BCUT2D eigenvalue weighted by Crippen LogP contribution is -2.44. The zero-order chi connectivity index (χ0) is 20.2. The zero-order valence-electron chi connectivity index (χ0n) is 17.4. The predicted octanol–water partition coefficient (Wildman–Crippen LogP) is 4.13. The molecule has 156 valence electrons. The predicted molar refractivity (Wildman–Crippen MR) is 126 cm³/mol. The molecule has 0 aliphatic heterocycles. The molecule has 2 N–H and O–H groups in total. The van der Waals surface area contributed by atoms with Crippen LogP contribution in [0.4, 0.5) is 4.39 Å². The van der Waals surface area contributed by atoms with Crippen molar-refractivity contribution in [3.63, 3.8) is 0 Å².